The Morgan fingerprint density at radius 2 is 0.581 bits per heavy atom. The van der Waals surface area contributed by atoms with Crippen LogP contribution in [0.4, 0.5) is 17.1 Å². The van der Waals surface area contributed by atoms with E-state index in [4.69, 9.17) is 0 Å². The maximum Gasteiger partial charge on any atom is 0.269 e. The molecule has 0 saturated carbocycles. The average Bonchev–Trinajstić information content (AvgIpc) is 2.70. The lowest BCUT2D eigenvalue weighted by molar-refractivity contribution is -0.385. The zero-order valence-electron chi connectivity index (χ0n) is 15.5. The summed E-state index contributed by atoms with van der Waals surface area (Å²) in [6.45, 7) is 0. The van der Waals surface area contributed by atoms with E-state index < -0.39 is 14.8 Å². The quantitative estimate of drug-likeness (QED) is 0.329. The highest BCUT2D eigenvalue weighted by Gasteiger charge is 2.01. The number of nitrogens with zero attached hydrogens (tertiary/aromatic N) is 3. The summed E-state index contributed by atoms with van der Waals surface area (Å²) in [6, 6.07) is 14.1. The van der Waals surface area contributed by atoms with E-state index in [1.54, 1.807) is 0 Å². The van der Waals surface area contributed by atoms with E-state index in [1.807, 2.05) is 0 Å². The monoisotopic (exact) mass is 441 g/mol. The van der Waals surface area contributed by atoms with Gasteiger partial charge >= 0.3 is 0 Å². The van der Waals surface area contributed by atoms with Gasteiger partial charge in [0.2, 0.25) is 0 Å². The standard InChI is InChI=1S/3C6H5NO3.Al/c3*8-6-3-1-5(2-4-6)7(9)10;/h3*1-4,8H;/p-3. The average molecular weight is 441 g/mol. The highest BCUT2D eigenvalue weighted by molar-refractivity contribution is 5.75. The first-order valence-corrected chi connectivity index (χ1v) is 7.84. The molecule has 31 heavy (non-hydrogen) atoms. The van der Waals surface area contributed by atoms with E-state index >= 15 is 0 Å². The van der Waals surface area contributed by atoms with Crippen molar-refractivity contribution in [3.05, 3.63) is 103 Å². The first-order chi connectivity index (χ1) is 14.1. The summed E-state index contributed by atoms with van der Waals surface area (Å²) in [5, 5.41) is 61.3. The Balaban J connectivity index is 0.000000429. The lowest BCUT2D eigenvalue weighted by atomic mass is 10.3. The highest BCUT2D eigenvalue weighted by Crippen LogP contribution is 2.14. The molecule has 0 saturated heterocycles. The summed E-state index contributed by atoms with van der Waals surface area (Å²) in [7, 11) is 0. The van der Waals surface area contributed by atoms with Gasteiger partial charge in [-0.3, -0.25) is 30.3 Å². The zero-order chi connectivity index (χ0) is 22.7. The molecule has 13 heteroatoms. The van der Waals surface area contributed by atoms with Crippen LogP contribution in [0.3, 0.4) is 0 Å². The molecule has 12 nitrogen and oxygen atoms in total. The van der Waals surface area contributed by atoms with Crippen LogP contribution in [0.25, 0.3) is 0 Å². The minimum atomic E-state index is -0.542. The molecule has 0 fully saturated rings. The second-order valence-corrected chi connectivity index (χ2v) is 5.25. The van der Waals surface area contributed by atoms with Gasteiger partial charge in [-0.25, -0.2) is 0 Å². The van der Waals surface area contributed by atoms with Crippen LogP contribution in [0.2, 0.25) is 0 Å². The van der Waals surface area contributed by atoms with Crippen molar-refractivity contribution in [3.8, 4) is 17.2 Å². The topological polar surface area (TPSA) is 199 Å². The van der Waals surface area contributed by atoms with Crippen molar-refractivity contribution < 1.29 is 30.1 Å². The Morgan fingerprint density at radius 3 is 0.710 bits per heavy atom. The van der Waals surface area contributed by atoms with E-state index in [1.165, 1.54) is 36.4 Å². The fourth-order valence-corrected chi connectivity index (χ4v) is 1.70. The maximum absolute atomic E-state index is 10.4. The summed E-state index contributed by atoms with van der Waals surface area (Å²) in [4.78, 5) is 28.4. The van der Waals surface area contributed by atoms with Crippen molar-refractivity contribution in [1.82, 2.24) is 0 Å². The Hall–Kier alpha value is -4.21. The minimum Gasteiger partial charge on any atom is -0.872 e. The SMILES string of the molecule is O=[N+]([O-])c1ccc([O-])cc1.O=[N+]([O-])c1ccc([O-])cc1.O=[N+]([O-])c1ccc([O-])cc1.[Al]. The molecule has 0 spiro atoms. The third-order valence-electron chi connectivity index (χ3n) is 3.14. The molecule has 0 aliphatic rings. The molecule has 0 aliphatic heterocycles. The van der Waals surface area contributed by atoms with E-state index in [0.717, 1.165) is 36.4 Å². The maximum atomic E-state index is 10.4. The van der Waals surface area contributed by atoms with Crippen molar-refractivity contribution in [2.24, 2.45) is 0 Å². The van der Waals surface area contributed by atoms with Crippen LogP contribution in [0.5, 0.6) is 17.2 Å². The third kappa shape index (κ3) is 10.2. The largest absolute Gasteiger partial charge is 0.872 e. The number of non-ortho nitro benzene ring substituents is 3. The smallest absolute Gasteiger partial charge is 0.269 e. The highest BCUT2D eigenvalue weighted by atomic mass is 27.0. The van der Waals surface area contributed by atoms with Crippen molar-refractivity contribution in [2.75, 3.05) is 0 Å². The van der Waals surface area contributed by atoms with Gasteiger partial charge in [-0.2, -0.15) is 0 Å². The van der Waals surface area contributed by atoms with Crippen molar-refractivity contribution in [2.45, 2.75) is 0 Å². The molecule has 0 amide bonds. The van der Waals surface area contributed by atoms with Crippen molar-refractivity contribution in [3.63, 3.8) is 0 Å². The van der Waals surface area contributed by atoms with E-state index in [0.29, 0.717) is 0 Å². The second-order valence-electron chi connectivity index (χ2n) is 5.25. The predicted molar refractivity (Wildman–Crippen MR) is 103 cm³/mol. The van der Waals surface area contributed by atoms with Gasteiger partial charge in [0.05, 0.1) is 14.8 Å². The van der Waals surface area contributed by atoms with Gasteiger partial charge in [0.1, 0.15) is 0 Å². The van der Waals surface area contributed by atoms with Gasteiger partial charge in [0, 0.05) is 53.8 Å². The molecular weight excluding hydrogens is 429 g/mol. The molecule has 159 valence electrons. The molecule has 3 aromatic rings. The number of benzene rings is 3. The van der Waals surface area contributed by atoms with Gasteiger partial charge in [0.15, 0.2) is 0 Å². The predicted octanol–water partition coefficient (Wildman–Crippen LogP) is 1.62. The summed E-state index contributed by atoms with van der Waals surface area (Å²) in [5.74, 6) is -0.651. The Bertz CT molecular complexity index is 863. The zero-order valence-corrected chi connectivity index (χ0v) is 16.7. The van der Waals surface area contributed by atoms with E-state index in [-0.39, 0.29) is 51.7 Å². The van der Waals surface area contributed by atoms with Crippen LogP contribution >= 0.6 is 0 Å². The number of rotatable bonds is 3. The van der Waals surface area contributed by atoms with Crippen LogP contribution in [0.15, 0.2) is 72.8 Å². The summed E-state index contributed by atoms with van der Waals surface area (Å²) in [5.41, 5.74) is -0.168. The Labute approximate surface area is 185 Å². The number of nitro groups is 3. The van der Waals surface area contributed by atoms with Gasteiger partial charge in [-0.05, 0) is 0 Å². The first-order valence-electron chi connectivity index (χ1n) is 7.84. The molecule has 0 aliphatic carbocycles. The molecule has 0 bridgehead atoms. The Morgan fingerprint density at radius 1 is 0.419 bits per heavy atom. The molecule has 3 radical (unpaired) electrons. The molecule has 0 unspecified atom stereocenters. The molecule has 0 atom stereocenters. The summed E-state index contributed by atoms with van der Waals surface area (Å²) in [6.07, 6.45) is 0. The number of nitro benzene ring substituents is 3. The summed E-state index contributed by atoms with van der Waals surface area (Å²) < 4.78 is 0. The van der Waals surface area contributed by atoms with Gasteiger partial charge in [0.25, 0.3) is 17.1 Å². The second kappa shape index (κ2) is 13.1. The van der Waals surface area contributed by atoms with E-state index in [2.05, 4.69) is 0 Å². The van der Waals surface area contributed by atoms with Crippen LogP contribution < -0.4 is 15.3 Å². The fourth-order valence-electron chi connectivity index (χ4n) is 1.70. The molecule has 3 rings (SSSR count). The molecule has 0 heterocycles. The third-order valence-corrected chi connectivity index (χ3v) is 3.14. The van der Waals surface area contributed by atoms with Crippen molar-refractivity contribution >= 4 is 34.4 Å². The molecular formula is C18H12AlN3O9-3. The number of hydrogen-bond acceptors (Lipinski definition) is 9. The van der Waals surface area contributed by atoms with Crippen LogP contribution in [-0.4, -0.2) is 32.1 Å². The van der Waals surface area contributed by atoms with Gasteiger partial charge in [-0.15, -0.1) is 17.2 Å². The first kappa shape index (κ1) is 26.8. The lowest BCUT2D eigenvalue weighted by Crippen LogP contribution is -1.90. The Kier molecular flexibility index (Phi) is 11.3. The van der Waals surface area contributed by atoms with Gasteiger partial charge in [-0.1, -0.05) is 36.4 Å². The minimum absolute atomic E-state index is 0. The van der Waals surface area contributed by atoms with Crippen LogP contribution in [-0.2, 0) is 0 Å². The number of hydrogen-bond donors (Lipinski definition) is 0. The lowest BCUT2D eigenvalue weighted by Gasteiger charge is -2.00. The molecule has 3 aromatic carbocycles. The molecule has 0 N–H and O–H groups in total. The molecule has 0 aromatic heterocycles. The summed E-state index contributed by atoms with van der Waals surface area (Å²) >= 11 is 0. The van der Waals surface area contributed by atoms with Crippen LogP contribution in [0, 0.1) is 30.3 Å². The normalized spacial score (nSPS) is 8.90. The van der Waals surface area contributed by atoms with E-state index in [9.17, 15) is 45.7 Å². The fraction of sp³-hybridized carbons (Fsp3) is 0. The van der Waals surface area contributed by atoms with Crippen LogP contribution in [0.1, 0.15) is 0 Å². The van der Waals surface area contributed by atoms with Crippen molar-refractivity contribution in [1.29, 1.82) is 0 Å². The van der Waals surface area contributed by atoms with Gasteiger partial charge < -0.3 is 15.3 Å².